The first-order valence-electron chi connectivity index (χ1n) is 10.5. The van der Waals surface area contributed by atoms with Crippen LogP contribution in [0.2, 0.25) is 5.02 Å². The molecule has 1 aromatic heterocycles. The van der Waals surface area contributed by atoms with Crippen molar-refractivity contribution in [3.05, 3.63) is 77.1 Å². The van der Waals surface area contributed by atoms with Crippen molar-refractivity contribution in [2.24, 2.45) is 0 Å². The molecule has 0 aliphatic rings. The molecular formula is C24H26ClN5O3S. The van der Waals surface area contributed by atoms with Crippen LogP contribution in [0.15, 0.2) is 60.3 Å². The monoisotopic (exact) mass is 499 g/mol. The summed E-state index contributed by atoms with van der Waals surface area (Å²) in [6.45, 7) is 7.90. The van der Waals surface area contributed by atoms with Gasteiger partial charge in [0.25, 0.3) is 5.91 Å². The molecule has 0 unspecified atom stereocenters. The molecule has 0 saturated heterocycles. The molecule has 0 fully saturated rings. The molecular weight excluding hydrogens is 474 g/mol. The molecule has 1 atom stereocenters. The second kappa shape index (κ2) is 11.7. The molecule has 0 aliphatic heterocycles. The van der Waals surface area contributed by atoms with Crippen molar-refractivity contribution in [1.29, 1.82) is 0 Å². The molecule has 3 rings (SSSR count). The number of methoxy groups -OCH3 is 1. The van der Waals surface area contributed by atoms with Gasteiger partial charge >= 0.3 is 0 Å². The molecule has 2 N–H and O–H groups in total. The molecule has 1 heterocycles. The molecule has 0 spiro atoms. The first-order valence-corrected chi connectivity index (χ1v) is 11.9. The van der Waals surface area contributed by atoms with E-state index in [0.29, 0.717) is 39.5 Å². The van der Waals surface area contributed by atoms with Crippen molar-refractivity contribution in [1.82, 2.24) is 20.1 Å². The van der Waals surface area contributed by atoms with Crippen LogP contribution in [0.3, 0.4) is 0 Å². The molecule has 34 heavy (non-hydrogen) atoms. The molecule has 0 saturated carbocycles. The fourth-order valence-electron chi connectivity index (χ4n) is 3.17. The van der Waals surface area contributed by atoms with Crippen LogP contribution >= 0.6 is 23.4 Å². The maximum Gasteiger partial charge on any atom is 0.251 e. The first-order chi connectivity index (χ1) is 16.3. The molecule has 8 nitrogen and oxygen atoms in total. The van der Waals surface area contributed by atoms with E-state index in [4.69, 9.17) is 16.3 Å². The number of nitrogens with one attached hydrogen (secondary N) is 2. The van der Waals surface area contributed by atoms with Crippen LogP contribution in [-0.4, -0.2) is 39.4 Å². The zero-order valence-corrected chi connectivity index (χ0v) is 20.7. The highest BCUT2D eigenvalue weighted by Gasteiger charge is 2.20. The Morgan fingerprint density at radius 1 is 1.24 bits per heavy atom. The van der Waals surface area contributed by atoms with E-state index in [1.807, 2.05) is 18.4 Å². The number of amides is 2. The zero-order chi connectivity index (χ0) is 24.7. The summed E-state index contributed by atoms with van der Waals surface area (Å²) in [5, 5.41) is 15.4. The third kappa shape index (κ3) is 6.18. The largest absolute Gasteiger partial charge is 0.497 e. The number of ether oxygens (including phenoxy) is 1. The minimum Gasteiger partial charge on any atom is -0.497 e. The minimum absolute atomic E-state index is 0.133. The lowest BCUT2D eigenvalue weighted by Crippen LogP contribution is -2.28. The third-order valence-electron chi connectivity index (χ3n) is 5.02. The predicted octanol–water partition coefficient (Wildman–Crippen LogP) is 4.66. The van der Waals surface area contributed by atoms with Crippen LogP contribution in [0, 0.1) is 6.92 Å². The molecule has 178 valence electrons. The maximum absolute atomic E-state index is 12.6. The number of hydrogen-bond donors (Lipinski definition) is 2. The standard InChI is InChI=1S/C24H26ClN5O3S/c1-5-13-30-22(16(3)26-23(32)17-9-11-18(33-4)12-10-17)28-29-24(30)34-14-21(31)27-20-8-6-7-19(25)15(20)2/h5-12,16H,1,13-14H2,2-4H3,(H,26,32)(H,27,31)/t16-/m1/s1. The lowest BCUT2D eigenvalue weighted by Gasteiger charge is -2.15. The van der Waals surface area contributed by atoms with Gasteiger partial charge in [0.15, 0.2) is 11.0 Å². The van der Waals surface area contributed by atoms with Gasteiger partial charge in [0.2, 0.25) is 5.91 Å². The van der Waals surface area contributed by atoms with E-state index < -0.39 is 6.04 Å². The summed E-state index contributed by atoms with van der Waals surface area (Å²) in [6.07, 6.45) is 1.71. The number of hydrogen-bond acceptors (Lipinski definition) is 6. The van der Waals surface area contributed by atoms with Gasteiger partial charge in [0.1, 0.15) is 5.75 Å². The highest BCUT2D eigenvalue weighted by molar-refractivity contribution is 7.99. The van der Waals surface area contributed by atoms with Gasteiger partial charge in [-0.25, -0.2) is 0 Å². The van der Waals surface area contributed by atoms with Crippen LogP contribution in [0.5, 0.6) is 5.75 Å². The van der Waals surface area contributed by atoms with Crippen molar-refractivity contribution in [3.63, 3.8) is 0 Å². The van der Waals surface area contributed by atoms with E-state index in [0.717, 1.165) is 5.56 Å². The van der Waals surface area contributed by atoms with Crippen molar-refractivity contribution in [3.8, 4) is 5.75 Å². The summed E-state index contributed by atoms with van der Waals surface area (Å²) >= 11 is 7.38. The Kier molecular flexibility index (Phi) is 8.72. The number of thioether (sulfide) groups is 1. The fraction of sp³-hybridized carbons (Fsp3) is 0.250. The second-order valence-electron chi connectivity index (χ2n) is 7.41. The van der Waals surface area contributed by atoms with E-state index in [9.17, 15) is 9.59 Å². The minimum atomic E-state index is -0.417. The van der Waals surface area contributed by atoms with E-state index in [-0.39, 0.29) is 17.6 Å². The van der Waals surface area contributed by atoms with E-state index in [2.05, 4.69) is 27.4 Å². The summed E-state index contributed by atoms with van der Waals surface area (Å²) in [5.74, 6) is 0.940. The van der Waals surface area contributed by atoms with Gasteiger partial charge in [-0.1, -0.05) is 35.5 Å². The Morgan fingerprint density at radius 3 is 2.65 bits per heavy atom. The van der Waals surface area contributed by atoms with Crippen LogP contribution in [-0.2, 0) is 11.3 Å². The number of aromatic nitrogens is 3. The Morgan fingerprint density at radius 2 is 1.97 bits per heavy atom. The van der Waals surface area contributed by atoms with Gasteiger partial charge in [-0.2, -0.15) is 0 Å². The van der Waals surface area contributed by atoms with Gasteiger partial charge < -0.3 is 19.9 Å². The quantitative estimate of drug-likeness (QED) is 0.311. The van der Waals surface area contributed by atoms with Crippen molar-refractivity contribution >= 4 is 40.9 Å². The van der Waals surface area contributed by atoms with Crippen molar-refractivity contribution in [2.45, 2.75) is 31.6 Å². The van der Waals surface area contributed by atoms with Gasteiger partial charge in [0, 0.05) is 22.8 Å². The number of anilines is 1. The summed E-state index contributed by atoms with van der Waals surface area (Å²) < 4.78 is 6.96. The number of carbonyl (C=O) groups is 2. The number of rotatable bonds is 10. The molecule has 2 aromatic carbocycles. The normalized spacial score (nSPS) is 11.5. The summed E-state index contributed by atoms with van der Waals surface area (Å²) in [5.41, 5.74) is 1.98. The first kappa shape index (κ1) is 25.3. The van der Waals surface area contributed by atoms with E-state index in [1.54, 1.807) is 55.7 Å². The van der Waals surface area contributed by atoms with E-state index in [1.165, 1.54) is 11.8 Å². The van der Waals surface area contributed by atoms with Crippen molar-refractivity contribution in [2.75, 3.05) is 18.2 Å². The molecule has 0 radical (unpaired) electrons. The Balaban J connectivity index is 1.66. The maximum atomic E-state index is 12.6. The van der Waals surface area contributed by atoms with Crippen molar-refractivity contribution < 1.29 is 14.3 Å². The average Bonchev–Trinajstić information content (AvgIpc) is 3.23. The van der Waals surface area contributed by atoms with Crippen LogP contribution in [0.25, 0.3) is 0 Å². The van der Waals surface area contributed by atoms with Crippen LogP contribution in [0.1, 0.15) is 34.7 Å². The number of halogens is 1. The number of carbonyl (C=O) groups excluding carboxylic acids is 2. The number of benzene rings is 2. The van der Waals surface area contributed by atoms with Gasteiger partial charge in [-0.3, -0.25) is 9.59 Å². The molecule has 3 aromatic rings. The predicted molar refractivity (Wildman–Crippen MR) is 135 cm³/mol. The molecule has 2 amide bonds. The average molecular weight is 500 g/mol. The topological polar surface area (TPSA) is 98.1 Å². The smallest absolute Gasteiger partial charge is 0.251 e. The van der Waals surface area contributed by atoms with Gasteiger partial charge in [0.05, 0.1) is 18.9 Å². The lowest BCUT2D eigenvalue weighted by atomic mass is 10.2. The highest BCUT2D eigenvalue weighted by atomic mass is 35.5. The van der Waals surface area contributed by atoms with Crippen LogP contribution in [0.4, 0.5) is 5.69 Å². The fourth-order valence-corrected chi connectivity index (χ4v) is 4.10. The summed E-state index contributed by atoms with van der Waals surface area (Å²) in [6, 6.07) is 11.8. The summed E-state index contributed by atoms with van der Waals surface area (Å²) in [7, 11) is 1.57. The molecule has 0 bridgehead atoms. The highest BCUT2D eigenvalue weighted by Crippen LogP contribution is 2.25. The summed E-state index contributed by atoms with van der Waals surface area (Å²) in [4.78, 5) is 25.1. The van der Waals surface area contributed by atoms with Crippen LogP contribution < -0.4 is 15.4 Å². The Bertz CT molecular complexity index is 1180. The van der Waals surface area contributed by atoms with Gasteiger partial charge in [-0.05, 0) is 55.8 Å². The van der Waals surface area contributed by atoms with Gasteiger partial charge in [-0.15, -0.1) is 16.8 Å². The lowest BCUT2D eigenvalue weighted by molar-refractivity contribution is -0.113. The Hall–Kier alpha value is -3.30. The third-order valence-corrected chi connectivity index (χ3v) is 6.39. The SMILES string of the molecule is C=CCn1c(SCC(=O)Nc2cccc(Cl)c2C)nnc1[C@@H](C)NC(=O)c1ccc(OC)cc1. The number of nitrogens with zero attached hydrogens (tertiary/aromatic N) is 3. The van der Waals surface area contributed by atoms with E-state index >= 15 is 0 Å². The second-order valence-corrected chi connectivity index (χ2v) is 8.76. The molecule has 0 aliphatic carbocycles. The molecule has 10 heteroatoms. The Labute approximate surface area is 207 Å². The number of allylic oxidation sites excluding steroid dienone is 1. The zero-order valence-electron chi connectivity index (χ0n) is 19.2.